The van der Waals surface area contributed by atoms with Gasteiger partial charge in [0.2, 0.25) is 0 Å². The van der Waals surface area contributed by atoms with Crippen molar-refractivity contribution >= 4 is 33.2 Å². The van der Waals surface area contributed by atoms with E-state index in [9.17, 15) is 10.1 Å². The van der Waals surface area contributed by atoms with Crippen LogP contribution < -0.4 is 5.73 Å². The highest BCUT2D eigenvalue weighted by atomic mass is 16.6. The summed E-state index contributed by atoms with van der Waals surface area (Å²) in [6, 6.07) is 7.97. The lowest BCUT2D eigenvalue weighted by atomic mass is 9.95. The molecule has 6 nitrogen and oxygen atoms in total. The SMILES string of the molecule is Nc1cc2c3c(c1)c1c(n3CC2)CCCCCC1.O=[N+]([O-])c1cc2c3c(c1)c1c(n3CC2)CCCCCC1. The number of hydrogen-bond donors (Lipinski definition) is 1. The number of hydrogen-bond acceptors (Lipinski definition) is 3. The van der Waals surface area contributed by atoms with Crippen molar-refractivity contribution in [3.8, 4) is 0 Å². The lowest BCUT2D eigenvalue weighted by Crippen LogP contribution is -2.05. The molecule has 38 heavy (non-hydrogen) atoms. The second-order valence-electron chi connectivity index (χ2n) is 11.8. The van der Waals surface area contributed by atoms with E-state index in [1.165, 1.54) is 116 Å². The van der Waals surface area contributed by atoms with E-state index in [0.29, 0.717) is 0 Å². The van der Waals surface area contributed by atoms with Crippen LogP contribution in [0, 0.1) is 10.1 Å². The van der Waals surface area contributed by atoms with E-state index in [2.05, 4.69) is 21.3 Å². The van der Waals surface area contributed by atoms with Crippen LogP contribution >= 0.6 is 0 Å². The number of anilines is 1. The van der Waals surface area contributed by atoms with Crippen molar-refractivity contribution in [1.29, 1.82) is 0 Å². The van der Waals surface area contributed by atoms with Crippen LogP contribution in [0.4, 0.5) is 11.4 Å². The van der Waals surface area contributed by atoms with Gasteiger partial charge in [-0.25, -0.2) is 0 Å². The molecule has 4 heterocycles. The molecule has 6 heteroatoms. The standard InChI is InChI=1S/C16H18N2O2.C16H20N2/c19-18(20)12-9-11-7-8-17-15-6-4-2-1-3-5-13(15)14(10-12)16(11)17;17-12-9-11-7-8-18-15-6-4-2-1-3-5-13(15)14(10-12)16(11)18/h9-10H,1-8H2;9-10H,1-8,17H2. The van der Waals surface area contributed by atoms with E-state index in [1.807, 2.05) is 0 Å². The molecule has 0 radical (unpaired) electrons. The third-order valence-corrected chi connectivity index (χ3v) is 9.52. The Morgan fingerprint density at radius 3 is 1.68 bits per heavy atom. The van der Waals surface area contributed by atoms with Crippen molar-refractivity contribution in [3.05, 3.63) is 68.0 Å². The predicted molar refractivity (Wildman–Crippen MR) is 154 cm³/mol. The zero-order valence-electron chi connectivity index (χ0n) is 22.4. The number of nitro groups is 1. The van der Waals surface area contributed by atoms with E-state index in [0.717, 1.165) is 36.9 Å². The molecular weight excluding hydrogens is 472 g/mol. The zero-order chi connectivity index (χ0) is 25.8. The largest absolute Gasteiger partial charge is 0.399 e. The summed E-state index contributed by atoms with van der Waals surface area (Å²) in [5.41, 5.74) is 18.8. The molecule has 0 unspecified atom stereocenters. The first-order valence-electron chi connectivity index (χ1n) is 14.8. The van der Waals surface area contributed by atoms with Gasteiger partial charge in [-0.15, -0.1) is 0 Å². The molecule has 4 aliphatic rings. The fourth-order valence-electron chi connectivity index (χ4n) is 7.87. The Hall–Kier alpha value is -3.28. The van der Waals surface area contributed by atoms with Crippen LogP contribution in [0.2, 0.25) is 0 Å². The molecule has 0 spiro atoms. The van der Waals surface area contributed by atoms with E-state index in [1.54, 1.807) is 23.4 Å². The number of benzene rings is 2. The molecule has 2 aromatic carbocycles. The quantitative estimate of drug-likeness (QED) is 0.167. The maximum Gasteiger partial charge on any atom is 0.270 e. The summed E-state index contributed by atoms with van der Waals surface area (Å²) >= 11 is 0. The topological polar surface area (TPSA) is 79.0 Å². The van der Waals surface area contributed by atoms with Crippen LogP contribution in [0.3, 0.4) is 0 Å². The lowest BCUT2D eigenvalue weighted by Gasteiger charge is -2.13. The van der Waals surface area contributed by atoms with Gasteiger partial charge in [-0.3, -0.25) is 10.1 Å². The summed E-state index contributed by atoms with van der Waals surface area (Å²) < 4.78 is 5.03. The average Bonchev–Trinajstić information content (AvgIpc) is 3.60. The Morgan fingerprint density at radius 2 is 1.13 bits per heavy atom. The number of aryl methyl sites for hydroxylation is 6. The minimum atomic E-state index is -0.249. The summed E-state index contributed by atoms with van der Waals surface area (Å²) in [5, 5.41) is 13.8. The highest BCUT2D eigenvalue weighted by Gasteiger charge is 2.27. The van der Waals surface area contributed by atoms with Crippen molar-refractivity contribution in [2.24, 2.45) is 0 Å². The number of rotatable bonds is 1. The normalized spacial score (nSPS) is 18.2. The zero-order valence-corrected chi connectivity index (χ0v) is 22.4. The van der Waals surface area contributed by atoms with Crippen LogP contribution in [-0.2, 0) is 51.6 Å². The number of non-ortho nitro benzene ring substituents is 1. The van der Waals surface area contributed by atoms with Gasteiger partial charge in [0.15, 0.2) is 0 Å². The Labute approximate surface area is 224 Å². The van der Waals surface area contributed by atoms with Gasteiger partial charge in [0, 0.05) is 53.1 Å². The van der Waals surface area contributed by atoms with Crippen molar-refractivity contribution in [1.82, 2.24) is 9.13 Å². The van der Waals surface area contributed by atoms with Gasteiger partial charge in [-0.05, 0) is 98.6 Å². The fraction of sp³-hybridized carbons (Fsp3) is 0.500. The van der Waals surface area contributed by atoms with Crippen molar-refractivity contribution < 1.29 is 4.92 Å². The van der Waals surface area contributed by atoms with Crippen LogP contribution in [0.5, 0.6) is 0 Å². The summed E-state index contributed by atoms with van der Waals surface area (Å²) in [4.78, 5) is 10.9. The smallest absolute Gasteiger partial charge is 0.270 e. The molecule has 2 aliphatic heterocycles. The summed E-state index contributed by atoms with van der Waals surface area (Å²) in [6.07, 6.45) is 17.4. The van der Waals surface area contributed by atoms with Gasteiger partial charge in [0.1, 0.15) is 0 Å². The minimum Gasteiger partial charge on any atom is -0.399 e. The van der Waals surface area contributed by atoms with Crippen LogP contribution in [-0.4, -0.2) is 14.1 Å². The molecule has 2 N–H and O–H groups in total. The molecule has 0 fully saturated rings. The molecule has 198 valence electrons. The van der Waals surface area contributed by atoms with Crippen LogP contribution in [0.25, 0.3) is 21.8 Å². The van der Waals surface area contributed by atoms with Gasteiger partial charge in [-0.2, -0.15) is 0 Å². The molecule has 2 aliphatic carbocycles. The number of aromatic nitrogens is 2. The molecule has 2 aromatic heterocycles. The Bertz CT molecular complexity index is 1570. The maximum absolute atomic E-state index is 11.1. The van der Waals surface area contributed by atoms with Crippen LogP contribution in [0.15, 0.2) is 24.3 Å². The van der Waals surface area contributed by atoms with E-state index in [-0.39, 0.29) is 10.6 Å². The molecule has 0 saturated heterocycles. The predicted octanol–water partition coefficient (Wildman–Crippen LogP) is 7.20. The van der Waals surface area contributed by atoms with E-state index >= 15 is 0 Å². The first-order chi connectivity index (χ1) is 18.6. The molecule has 8 rings (SSSR count). The molecule has 0 amide bonds. The van der Waals surface area contributed by atoms with Gasteiger partial charge in [-0.1, -0.05) is 25.7 Å². The number of fused-ring (bicyclic) bond motifs is 6. The van der Waals surface area contributed by atoms with E-state index < -0.39 is 0 Å². The second kappa shape index (κ2) is 9.48. The first-order valence-corrected chi connectivity index (χ1v) is 14.8. The summed E-state index contributed by atoms with van der Waals surface area (Å²) in [7, 11) is 0. The highest BCUT2D eigenvalue weighted by Crippen LogP contribution is 2.39. The fourth-order valence-corrected chi connectivity index (χ4v) is 7.87. The summed E-state index contributed by atoms with van der Waals surface area (Å²) in [6.45, 7) is 2.17. The summed E-state index contributed by atoms with van der Waals surface area (Å²) in [5.74, 6) is 0. The average molecular weight is 511 g/mol. The molecule has 4 aromatic rings. The van der Waals surface area contributed by atoms with Crippen molar-refractivity contribution in [2.75, 3.05) is 5.73 Å². The number of nitro benzene ring substituents is 1. The molecule has 0 saturated carbocycles. The Morgan fingerprint density at radius 1 is 0.632 bits per heavy atom. The minimum absolute atomic E-state index is 0.249. The number of nitrogen functional groups attached to an aromatic ring is 1. The first kappa shape index (κ1) is 23.8. The Kier molecular flexibility index (Phi) is 5.94. The third kappa shape index (κ3) is 3.83. The van der Waals surface area contributed by atoms with Crippen molar-refractivity contribution in [3.63, 3.8) is 0 Å². The van der Waals surface area contributed by atoms with Gasteiger partial charge in [0.05, 0.1) is 16.0 Å². The van der Waals surface area contributed by atoms with Crippen LogP contribution in [0.1, 0.15) is 85.0 Å². The maximum atomic E-state index is 11.1. The molecular formula is C32H38N4O2. The third-order valence-electron chi connectivity index (χ3n) is 9.52. The molecule has 0 bridgehead atoms. The lowest BCUT2D eigenvalue weighted by molar-refractivity contribution is -0.384. The number of nitrogens with zero attached hydrogens (tertiary/aromatic N) is 3. The van der Waals surface area contributed by atoms with E-state index in [4.69, 9.17) is 5.73 Å². The van der Waals surface area contributed by atoms with Gasteiger partial charge >= 0.3 is 0 Å². The molecule has 0 atom stereocenters. The second-order valence-corrected chi connectivity index (χ2v) is 11.8. The van der Waals surface area contributed by atoms with Crippen molar-refractivity contribution in [2.45, 2.75) is 103 Å². The Balaban J connectivity index is 0.000000128. The van der Waals surface area contributed by atoms with Gasteiger partial charge in [0.25, 0.3) is 5.69 Å². The van der Waals surface area contributed by atoms with Gasteiger partial charge < -0.3 is 14.9 Å². The highest BCUT2D eigenvalue weighted by molar-refractivity contribution is 5.93. The number of nitrogens with two attached hydrogens (primary N) is 1. The monoisotopic (exact) mass is 510 g/mol.